The summed E-state index contributed by atoms with van der Waals surface area (Å²) in [5, 5.41) is 9.71. The van der Waals surface area contributed by atoms with E-state index in [0.29, 0.717) is 47.3 Å². The number of benzene rings is 4. The third-order valence-corrected chi connectivity index (χ3v) is 10.3. The van der Waals surface area contributed by atoms with Crippen LogP contribution < -0.4 is 14.1 Å². The number of furan rings is 1. The van der Waals surface area contributed by atoms with E-state index in [-0.39, 0.29) is 23.8 Å². The Morgan fingerprint density at radius 3 is 2.30 bits per heavy atom. The molecule has 1 aliphatic heterocycles. The van der Waals surface area contributed by atoms with Crippen LogP contribution in [0.15, 0.2) is 106 Å². The van der Waals surface area contributed by atoms with Crippen molar-refractivity contribution < 1.29 is 22.4 Å². The van der Waals surface area contributed by atoms with Crippen LogP contribution in [0.2, 0.25) is 0 Å². The van der Waals surface area contributed by atoms with Crippen LogP contribution in [0.5, 0.6) is 0 Å². The Bertz CT molecular complexity index is 2030. The first kappa shape index (κ1) is 31.7. The number of sulfonamides is 1. The number of rotatable bonds is 10. The summed E-state index contributed by atoms with van der Waals surface area (Å²) < 4.78 is 41.7. The topological polar surface area (TPSA) is 107 Å². The first-order chi connectivity index (χ1) is 22.8. The SMILES string of the molecule is CCOC(=O)c1oc2ccc(S(=O)(=O)N(CCc3ccccc3)c3ccccc3N3CCN(c4ccc(C#N)cc4)CC3)cc2c1C. The zero-order chi connectivity index (χ0) is 33.0. The molecule has 5 aromatic rings. The molecule has 1 aromatic heterocycles. The van der Waals surface area contributed by atoms with Crippen LogP contribution >= 0.6 is 0 Å². The van der Waals surface area contributed by atoms with Gasteiger partial charge in [0.05, 0.1) is 34.5 Å². The number of carbonyl (C=O) groups excluding carboxylic acids is 1. The summed E-state index contributed by atoms with van der Waals surface area (Å²) in [7, 11) is -4.06. The van der Waals surface area contributed by atoms with Gasteiger partial charge in [0, 0.05) is 49.4 Å². The van der Waals surface area contributed by atoms with Crippen molar-refractivity contribution in [3.63, 3.8) is 0 Å². The minimum atomic E-state index is -4.06. The molecule has 47 heavy (non-hydrogen) atoms. The van der Waals surface area contributed by atoms with E-state index in [1.807, 2.05) is 78.9 Å². The van der Waals surface area contributed by atoms with Gasteiger partial charge in [0.1, 0.15) is 5.58 Å². The number of hydrogen-bond donors (Lipinski definition) is 0. The predicted octanol–water partition coefficient (Wildman–Crippen LogP) is 6.55. The molecule has 1 fully saturated rings. The monoisotopic (exact) mass is 648 g/mol. The van der Waals surface area contributed by atoms with E-state index < -0.39 is 16.0 Å². The number of carbonyl (C=O) groups is 1. The third kappa shape index (κ3) is 6.53. The van der Waals surface area contributed by atoms with E-state index in [9.17, 15) is 13.2 Å². The summed E-state index contributed by atoms with van der Waals surface area (Å²) in [4.78, 5) is 17.1. The lowest BCUT2D eigenvalue weighted by atomic mass is 10.1. The van der Waals surface area contributed by atoms with Crippen molar-refractivity contribution in [2.75, 3.05) is 53.4 Å². The number of hydrogen-bond acceptors (Lipinski definition) is 8. The lowest BCUT2D eigenvalue weighted by molar-refractivity contribution is 0.0491. The lowest BCUT2D eigenvalue weighted by Crippen LogP contribution is -2.47. The fourth-order valence-corrected chi connectivity index (χ4v) is 7.53. The molecule has 0 saturated carbocycles. The second-order valence-corrected chi connectivity index (χ2v) is 13.2. The van der Waals surface area contributed by atoms with Crippen molar-refractivity contribution in [2.45, 2.75) is 25.2 Å². The molecule has 0 N–H and O–H groups in total. The number of fused-ring (bicyclic) bond motifs is 1. The Morgan fingerprint density at radius 1 is 0.915 bits per heavy atom. The zero-order valence-electron chi connectivity index (χ0n) is 26.4. The normalized spacial score (nSPS) is 13.4. The molecular formula is C37H36N4O5S. The summed E-state index contributed by atoms with van der Waals surface area (Å²) in [6.07, 6.45) is 0.515. The highest BCUT2D eigenvalue weighted by Crippen LogP contribution is 2.36. The first-order valence-electron chi connectivity index (χ1n) is 15.7. The predicted molar refractivity (Wildman–Crippen MR) is 184 cm³/mol. The first-order valence-corrected chi connectivity index (χ1v) is 17.1. The Balaban J connectivity index is 1.34. The fourth-order valence-electron chi connectivity index (χ4n) is 6.02. The average Bonchev–Trinajstić information content (AvgIpc) is 3.45. The Hall–Kier alpha value is -5.27. The molecule has 0 radical (unpaired) electrons. The van der Waals surface area contributed by atoms with E-state index >= 15 is 0 Å². The van der Waals surface area contributed by atoms with Crippen LogP contribution in [-0.4, -0.2) is 53.7 Å². The molecule has 0 amide bonds. The number of ether oxygens (including phenoxy) is 1. The third-order valence-electron chi connectivity index (χ3n) is 8.54. The summed E-state index contributed by atoms with van der Waals surface area (Å²) in [6, 6.07) is 32.0. The van der Waals surface area contributed by atoms with E-state index in [4.69, 9.17) is 14.4 Å². The highest BCUT2D eigenvalue weighted by atomic mass is 32.2. The molecule has 240 valence electrons. The molecule has 1 saturated heterocycles. The minimum absolute atomic E-state index is 0.0721. The van der Waals surface area contributed by atoms with Crippen molar-refractivity contribution in [3.8, 4) is 6.07 Å². The van der Waals surface area contributed by atoms with Crippen LogP contribution in [0, 0.1) is 18.3 Å². The Kier molecular flexibility index (Phi) is 9.18. The number of esters is 1. The van der Waals surface area contributed by atoms with Crippen LogP contribution in [-0.2, 0) is 21.2 Å². The zero-order valence-corrected chi connectivity index (χ0v) is 27.2. The van der Waals surface area contributed by atoms with Crippen molar-refractivity contribution >= 4 is 44.0 Å². The molecule has 6 rings (SSSR count). The Morgan fingerprint density at radius 2 is 1.60 bits per heavy atom. The van der Waals surface area contributed by atoms with Gasteiger partial charge in [-0.05, 0) is 80.4 Å². The van der Waals surface area contributed by atoms with E-state index in [1.165, 1.54) is 10.4 Å². The van der Waals surface area contributed by atoms with Gasteiger partial charge in [-0.15, -0.1) is 0 Å². The quantitative estimate of drug-likeness (QED) is 0.157. The van der Waals surface area contributed by atoms with Gasteiger partial charge in [-0.1, -0.05) is 42.5 Å². The fraction of sp³-hybridized carbons (Fsp3) is 0.243. The minimum Gasteiger partial charge on any atom is -0.460 e. The smallest absolute Gasteiger partial charge is 0.374 e. The van der Waals surface area contributed by atoms with Gasteiger partial charge in [0.15, 0.2) is 0 Å². The maximum atomic E-state index is 14.6. The lowest BCUT2D eigenvalue weighted by Gasteiger charge is -2.39. The van der Waals surface area contributed by atoms with Gasteiger partial charge in [-0.25, -0.2) is 13.2 Å². The molecule has 1 aliphatic rings. The van der Waals surface area contributed by atoms with Gasteiger partial charge < -0.3 is 19.0 Å². The second kappa shape index (κ2) is 13.6. The molecule has 0 aliphatic carbocycles. The molecule has 2 heterocycles. The van der Waals surface area contributed by atoms with Crippen molar-refractivity contribution in [3.05, 3.63) is 120 Å². The highest BCUT2D eigenvalue weighted by molar-refractivity contribution is 7.92. The van der Waals surface area contributed by atoms with E-state index in [0.717, 1.165) is 30.0 Å². The second-order valence-electron chi connectivity index (χ2n) is 11.4. The highest BCUT2D eigenvalue weighted by Gasteiger charge is 2.30. The molecule has 0 atom stereocenters. The Labute approximate surface area is 275 Å². The average molecular weight is 649 g/mol. The molecule has 0 bridgehead atoms. The summed E-state index contributed by atoms with van der Waals surface area (Å²) in [5.74, 6) is -0.508. The maximum absolute atomic E-state index is 14.6. The number of para-hydroxylation sites is 2. The van der Waals surface area contributed by atoms with Gasteiger partial charge in [-0.3, -0.25) is 4.31 Å². The molecule has 9 nitrogen and oxygen atoms in total. The van der Waals surface area contributed by atoms with Crippen LogP contribution in [0.3, 0.4) is 0 Å². The van der Waals surface area contributed by atoms with Gasteiger partial charge >= 0.3 is 5.97 Å². The van der Waals surface area contributed by atoms with Crippen LogP contribution in [0.1, 0.15) is 34.2 Å². The van der Waals surface area contributed by atoms with E-state index in [1.54, 1.807) is 26.0 Å². The number of nitriles is 1. The standard InChI is InChI=1S/C37H36N4O5S/c1-3-45-37(42)36-27(2)32-25-31(17-18-35(32)46-36)47(43,44)41(20-19-28-9-5-4-6-10-28)34-12-8-7-11-33(34)40-23-21-39(22-24-40)30-15-13-29(26-38)14-16-30/h4-18,25H,3,19-24H2,1-2H3. The largest absolute Gasteiger partial charge is 0.460 e. The number of anilines is 3. The molecule has 10 heteroatoms. The van der Waals surface area contributed by atoms with Crippen molar-refractivity contribution in [1.29, 1.82) is 5.26 Å². The van der Waals surface area contributed by atoms with E-state index in [2.05, 4.69) is 15.9 Å². The number of aryl methyl sites for hydroxylation is 1. The van der Waals surface area contributed by atoms with Crippen molar-refractivity contribution in [1.82, 2.24) is 0 Å². The molecule has 0 spiro atoms. The molecule has 4 aromatic carbocycles. The van der Waals surface area contributed by atoms with Crippen LogP contribution in [0.25, 0.3) is 11.0 Å². The molecule has 0 unspecified atom stereocenters. The molecular weight excluding hydrogens is 612 g/mol. The van der Waals surface area contributed by atoms with Gasteiger partial charge in [-0.2, -0.15) is 5.26 Å². The maximum Gasteiger partial charge on any atom is 0.374 e. The van der Waals surface area contributed by atoms with Gasteiger partial charge in [0.25, 0.3) is 10.0 Å². The number of piperazine rings is 1. The van der Waals surface area contributed by atoms with Gasteiger partial charge in [0.2, 0.25) is 5.76 Å². The summed E-state index contributed by atoms with van der Waals surface area (Å²) >= 11 is 0. The summed E-state index contributed by atoms with van der Waals surface area (Å²) in [5.41, 5.74) is 5.11. The number of nitrogens with zero attached hydrogens (tertiary/aromatic N) is 4. The summed E-state index contributed by atoms with van der Waals surface area (Å²) in [6.45, 7) is 6.76. The van der Waals surface area contributed by atoms with Crippen molar-refractivity contribution in [2.24, 2.45) is 0 Å². The van der Waals surface area contributed by atoms with Crippen LogP contribution in [0.4, 0.5) is 17.1 Å².